The van der Waals surface area contributed by atoms with Gasteiger partial charge >= 0.3 is 11.9 Å². The summed E-state index contributed by atoms with van der Waals surface area (Å²) in [4.78, 5) is 23.9. The number of aromatic carboxylic acids is 1. The maximum atomic E-state index is 10.7. The van der Waals surface area contributed by atoms with Crippen LogP contribution in [0.3, 0.4) is 0 Å². The van der Waals surface area contributed by atoms with Gasteiger partial charge in [-0.15, -0.1) is 0 Å². The van der Waals surface area contributed by atoms with Gasteiger partial charge in [0, 0.05) is 5.69 Å². The summed E-state index contributed by atoms with van der Waals surface area (Å²) in [6.07, 6.45) is -0.266. The van der Waals surface area contributed by atoms with Crippen LogP contribution in [0.15, 0.2) is 0 Å². The van der Waals surface area contributed by atoms with Crippen LogP contribution in [-0.2, 0) is 11.2 Å². The highest BCUT2D eigenvalue weighted by Crippen LogP contribution is 2.18. The fourth-order valence-corrected chi connectivity index (χ4v) is 1.33. The van der Waals surface area contributed by atoms with Crippen LogP contribution in [0, 0.1) is 13.8 Å². The Balaban J connectivity index is 3.23. The van der Waals surface area contributed by atoms with E-state index in [9.17, 15) is 9.59 Å². The summed E-state index contributed by atoms with van der Waals surface area (Å²) in [5.74, 6) is -2.16. The van der Waals surface area contributed by atoms with Crippen LogP contribution in [0.2, 0.25) is 0 Å². The quantitative estimate of drug-likeness (QED) is 0.673. The van der Waals surface area contributed by atoms with Crippen molar-refractivity contribution in [2.45, 2.75) is 20.3 Å². The zero-order valence-electron chi connectivity index (χ0n) is 7.92. The van der Waals surface area contributed by atoms with Gasteiger partial charge in [0.25, 0.3) is 0 Å². The Morgan fingerprint density at radius 3 is 2.29 bits per heavy atom. The summed E-state index contributed by atoms with van der Waals surface area (Å²) in [5, 5.41) is 17.4. The molecule has 0 unspecified atom stereocenters. The fraction of sp³-hybridized carbons (Fsp3) is 0.333. The number of rotatable bonds is 3. The molecule has 1 heterocycles. The highest BCUT2D eigenvalue weighted by atomic mass is 16.4. The van der Waals surface area contributed by atoms with E-state index in [-0.39, 0.29) is 12.1 Å². The number of aromatic nitrogens is 1. The highest BCUT2D eigenvalue weighted by molar-refractivity contribution is 5.90. The van der Waals surface area contributed by atoms with Crippen molar-refractivity contribution in [3.05, 3.63) is 22.5 Å². The molecule has 0 radical (unpaired) electrons. The van der Waals surface area contributed by atoms with Gasteiger partial charge in [0.05, 0.1) is 6.42 Å². The molecule has 0 saturated carbocycles. The largest absolute Gasteiger partial charge is 0.481 e. The van der Waals surface area contributed by atoms with Crippen LogP contribution in [0.1, 0.15) is 27.3 Å². The van der Waals surface area contributed by atoms with E-state index in [1.165, 1.54) is 0 Å². The Bertz CT molecular complexity index is 392. The highest BCUT2D eigenvalue weighted by Gasteiger charge is 2.18. The number of carbonyl (C=O) groups is 2. The molecule has 5 nitrogen and oxygen atoms in total. The number of hydrogen-bond donors (Lipinski definition) is 3. The first kappa shape index (κ1) is 10.3. The summed E-state index contributed by atoms with van der Waals surface area (Å²) >= 11 is 0. The van der Waals surface area contributed by atoms with Crippen molar-refractivity contribution in [2.24, 2.45) is 0 Å². The monoisotopic (exact) mass is 197 g/mol. The van der Waals surface area contributed by atoms with E-state index in [1.807, 2.05) is 0 Å². The lowest BCUT2D eigenvalue weighted by Crippen LogP contribution is -2.07. The standard InChI is InChI=1S/C9H11NO4/c1-4-5(2)10-8(9(13)14)6(4)3-7(11)12/h10H,3H2,1-2H3,(H,11,12)(H,13,14). The number of aliphatic carboxylic acids is 1. The van der Waals surface area contributed by atoms with E-state index < -0.39 is 11.9 Å². The van der Waals surface area contributed by atoms with Gasteiger partial charge in [-0.3, -0.25) is 4.79 Å². The van der Waals surface area contributed by atoms with Crippen molar-refractivity contribution in [3.8, 4) is 0 Å². The molecule has 0 fully saturated rings. The number of H-pyrrole nitrogens is 1. The summed E-state index contributed by atoms with van der Waals surface area (Å²) in [6.45, 7) is 3.42. The molecule has 0 aliphatic rings. The molecule has 0 saturated heterocycles. The van der Waals surface area contributed by atoms with Gasteiger partial charge < -0.3 is 15.2 Å². The number of aryl methyl sites for hydroxylation is 1. The minimum absolute atomic E-state index is 0.0256. The van der Waals surface area contributed by atoms with E-state index in [0.717, 1.165) is 0 Å². The number of carboxylic acids is 2. The maximum Gasteiger partial charge on any atom is 0.352 e. The molecule has 1 rings (SSSR count). The minimum Gasteiger partial charge on any atom is -0.481 e. The molecule has 1 aromatic heterocycles. The smallest absolute Gasteiger partial charge is 0.352 e. The van der Waals surface area contributed by atoms with E-state index >= 15 is 0 Å². The van der Waals surface area contributed by atoms with E-state index in [1.54, 1.807) is 13.8 Å². The van der Waals surface area contributed by atoms with E-state index in [4.69, 9.17) is 10.2 Å². The van der Waals surface area contributed by atoms with Gasteiger partial charge in [-0.1, -0.05) is 0 Å². The lowest BCUT2D eigenvalue weighted by molar-refractivity contribution is -0.136. The second-order valence-electron chi connectivity index (χ2n) is 3.10. The molecule has 0 atom stereocenters. The summed E-state index contributed by atoms with van der Waals surface area (Å²) in [7, 11) is 0. The predicted octanol–water partition coefficient (Wildman–Crippen LogP) is 0.957. The number of nitrogens with one attached hydrogen (secondary N) is 1. The Kier molecular flexibility index (Phi) is 2.60. The van der Waals surface area contributed by atoms with Crippen LogP contribution in [0.25, 0.3) is 0 Å². The molecule has 0 aromatic carbocycles. The molecule has 5 heteroatoms. The Labute approximate surface area is 80.4 Å². The van der Waals surface area contributed by atoms with Crippen molar-refractivity contribution in [1.29, 1.82) is 0 Å². The number of carboxylic acid groups (broad SMARTS) is 2. The van der Waals surface area contributed by atoms with Crippen molar-refractivity contribution in [1.82, 2.24) is 4.98 Å². The zero-order valence-corrected chi connectivity index (χ0v) is 7.92. The first-order valence-corrected chi connectivity index (χ1v) is 4.06. The first-order valence-electron chi connectivity index (χ1n) is 4.06. The van der Waals surface area contributed by atoms with Gasteiger partial charge in [-0.05, 0) is 25.0 Å². The van der Waals surface area contributed by atoms with Crippen molar-refractivity contribution in [2.75, 3.05) is 0 Å². The molecule has 14 heavy (non-hydrogen) atoms. The molecule has 0 aliphatic carbocycles. The van der Waals surface area contributed by atoms with Gasteiger partial charge in [-0.2, -0.15) is 0 Å². The molecular formula is C9H11NO4. The van der Waals surface area contributed by atoms with Crippen LogP contribution in [-0.4, -0.2) is 27.1 Å². The Morgan fingerprint density at radius 1 is 1.29 bits per heavy atom. The van der Waals surface area contributed by atoms with E-state index in [0.29, 0.717) is 16.8 Å². The van der Waals surface area contributed by atoms with Crippen LogP contribution in [0.5, 0.6) is 0 Å². The number of aromatic amines is 1. The third-order valence-electron chi connectivity index (χ3n) is 2.17. The van der Waals surface area contributed by atoms with E-state index in [2.05, 4.69) is 4.98 Å². The van der Waals surface area contributed by atoms with Crippen molar-refractivity contribution >= 4 is 11.9 Å². The molecule has 3 N–H and O–H groups in total. The van der Waals surface area contributed by atoms with Crippen molar-refractivity contribution in [3.63, 3.8) is 0 Å². The first-order chi connectivity index (χ1) is 6.43. The van der Waals surface area contributed by atoms with Gasteiger partial charge in [0.1, 0.15) is 5.69 Å². The normalized spacial score (nSPS) is 10.1. The Morgan fingerprint density at radius 2 is 1.86 bits per heavy atom. The molecule has 0 aliphatic heterocycles. The van der Waals surface area contributed by atoms with Gasteiger partial charge in [0.15, 0.2) is 0 Å². The Hall–Kier alpha value is -1.78. The molecular weight excluding hydrogens is 186 g/mol. The zero-order chi connectivity index (χ0) is 10.9. The number of hydrogen-bond acceptors (Lipinski definition) is 2. The third-order valence-corrected chi connectivity index (χ3v) is 2.17. The SMILES string of the molecule is Cc1[nH]c(C(=O)O)c(CC(=O)O)c1C. The van der Waals surface area contributed by atoms with Gasteiger partial charge in [0.2, 0.25) is 0 Å². The van der Waals surface area contributed by atoms with Crippen LogP contribution >= 0.6 is 0 Å². The van der Waals surface area contributed by atoms with Crippen molar-refractivity contribution < 1.29 is 19.8 Å². The summed E-state index contributed by atoms with van der Waals surface area (Å²) in [5.41, 5.74) is 1.72. The molecule has 0 amide bonds. The average Bonchev–Trinajstić information content (AvgIpc) is 2.32. The molecule has 76 valence electrons. The molecule has 0 spiro atoms. The lowest BCUT2D eigenvalue weighted by Gasteiger charge is -1.97. The molecule has 1 aromatic rings. The topological polar surface area (TPSA) is 90.4 Å². The predicted molar refractivity (Wildman–Crippen MR) is 48.6 cm³/mol. The summed E-state index contributed by atoms with van der Waals surface area (Å²) < 4.78 is 0. The average molecular weight is 197 g/mol. The molecule has 0 bridgehead atoms. The maximum absolute atomic E-state index is 10.7. The van der Waals surface area contributed by atoms with Gasteiger partial charge in [-0.25, -0.2) is 4.79 Å². The fourth-order valence-electron chi connectivity index (χ4n) is 1.33. The summed E-state index contributed by atoms with van der Waals surface area (Å²) in [6, 6.07) is 0. The second kappa shape index (κ2) is 3.53. The van der Waals surface area contributed by atoms with Crippen LogP contribution < -0.4 is 0 Å². The minimum atomic E-state index is -1.13. The third kappa shape index (κ3) is 1.76. The second-order valence-corrected chi connectivity index (χ2v) is 3.10. The van der Waals surface area contributed by atoms with Crippen LogP contribution in [0.4, 0.5) is 0 Å². The lowest BCUT2D eigenvalue weighted by atomic mass is 10.1.